The standard InChI is InChI=1S/C71H65BN4S/c1-40-32-59-65-60(33-40)76-61-38-44(71(11,12)13)37-50-49-36-43(70(8,9)10)26-31-55(49)75(66(50)61)57-21-16-19-52(67(57)76)72(65)51-28-27-45(39-58(51)74(59)56-20-17-23-63-64(56)46-18-14-15-22-62(46)77-63)73-53-29-24-41(68(2,3)4)34-47(53)48-35-42(69(5,6)7)25-30-54(48)73/h14-39H,1-13H3/i14D,15D,16D,17D,18D,19D,20D,21D,22D,23D,24D,25D,26D,27D,28D,29D,30D,31D,32D,33D,34D,35D,36D,37D,38D,39D. The van der Waals surface area contributed by atoms with Gasteiger partial charge in [0, 0.05) is 64.5 Å². The van der Waals surface area contributed by atoms with Crippen molar-refractivity contribution in [3.05, 3.63) is 185 Å². The minimum atomic E-state index is -1.87. The highest BCUT2D eigenvalue weighted by atomic mass is 32.1. The summed E-state index contributed by atoms with van der Waals surface area (Å²) in [5, 5.41) is -0.909. The molecule has 0 bridgehead atoms. The van der Waals surface area contributed by atoms with Crippen molar-refractivity contribution in [2.75, 3.05) is 9.80 Å². The van der Waals surface area contributed by atoms with Crippen LogP contribution in [0.3, 0.4) is 0 Å². The van der Waals surface area contributed by atoms with Crippen LogP contribution in [0.15, 0.2) is 157 Å². The molecule has 9 aromatic carbocycles. The largest absolute Gasteiger partial charge is 0.311 e. The molecule has 12 aromatic rings. The molecule has 0 saturated heterocycles. The monoisotopic (exact) mass is 1040 g/mol. The summed E-state index contributed by atoms with van der Waals surface area (Å²) < 4.78 is 264. The maximum Gasteiger partial charge on any atom is 0.252 e. The van der Waals surface area contributed by atoms with Crippen LogP contribution in [0.4, 0.5) is 34.1 Å². The number of hydrogen-bond acceptors (Lipinski definition) is 3. The van der Waals surface area contributed by atoms with Gasteiger partial charge in [-0.25, -0.2) is 0 Å². The summed E-state index contributed by atoms with van der Waals surface area (Å²) >= 11 is 0.700. The number of aromatic nitrogens is 2. The summed E-state index contributed by atoms with van der Waals surface area (Å²) in [5.41, 5.74) is -9.04. The van der Waals surface area contributed by atoms with Gasteiger partial charge in [0.15, 0.2) is 0 Å². The van der Waals surface area contributed by atoms with E-state index in [1.54, 1.807) is 83.1 Å². The lowest BCUT2D eigenvalue weighted by Gasteiger charge is -2.46. The molecule has 4 nitrogen and oxygen atoms in total. The first-order chi connectivity index (χ1) is 47.6. The fourth-order valence-electron chi connectivity index (χ4n) is 11.3. The molecule has 378 valence electrons. The Hall–Kier alpha value is -7.54. The predicted molar refractivity (Wildman–Crippen MR) is 335 cm³/mol. The van der Waals surface area contributed by atoms with E-state index in [-0.39, 0.29) is 162 Å². The summed E-state index contributed by atoms with van der Waals surface area (Å²) in [5.74, 6) is 0. The van der Waals surface area contributed by atoms with Gasteiger partial charge >= 0.3 is 0 Å². The lowest BCUT2D eigenvalue weighted by molar-refractivity contribution is 0.590. The van der Waals surface area contributed by atoms with E-state index in [1.807, 2.05) is 0 Å². The van der Waals surface area contributed by atoms with Gasteiger partial charge in [-0.3, -0.25) is 0 Å². The SMILES string of the molecule is [2H]c1c([2H])c2c3c(c1[2H])-n1c4c([2H])c([2H])c(C(C)(C)C)c([2H])c4c4c([2H])c(C(C)(C)C)c([2H])c(c41)N3c1c([2H])c(C)c([2H])c3c1B2c1c([2H])c([2H])c(-n2c4c([2H])c([2H])c(C(C)(C)C)c([2H])c4c4c([2H])c(C(C)(C)C)c([2H])c([2H])c42)c([2H])c1N3c1c([2H])c([2H])c([2H])c2sc3c([2H])c([2H])c([2H])c([2H])c3c12. The maximum atomic E-state index is 11.3. The molecule has 15 rings (SSSR count). The number of fused-ring (bicyclic) bond motifs is 15. The molecule has 0 N–H and O–H groups in total. The Kier molecular flexibility index (Phi) is 5.42. The molecule has 0 aliphatic carbocycles. The molecule has 0 atom stereocenters. The molecule has 0 radical (unpaired) electrons. The molecule has 0 spiro atoms. The van der Waals surface area contributed by atoms with Gasteiger partial charge in [-0.2, -0.15) is 0 Å². The summed E-state index contributed by atoms with van der Waals surface area (Å²) in [7, 11) is 0. The minimum Gasteiger partial charge on any atom is -0.311 e. The Bertz CT molecular complexity index is 6070. The molecule has 6 heteroatoms. The molecular formula is C71H65BN4S. The van der Waals surface area contributed by atoms with Crippen molar-refractivity contribution in [1.29, 1.82) is 0 Å². The summed E-state index contributed by atoms with van der Waals surface area (Å²) in [6.07, 6.45) is 0. The average molecular weight is 1040 g/mol. The van der Waals surface area contributed by atoms with Crippen LogP contribution in [0.5, 0.6) is 0 Å². The van der Waals surface area contributed by atoms with Crippen molar-refractivity contribution in [1.82, 2.24) is 9.13 Å². The Morgan fingerprint density at radius 3 is 1.58 bits per heavy atom. The predicted octanol–water partition coefficient (Wildman–Crippen LogP) is 18.1. The lowest BCUT2D eigenvalue weighted by atomic mass is 9.33. The number of thiophene rings is 1. The molecule has 3 aromatic heterocycles. The van der Waals surface area contributed by atoms with Gasteiger partial charge in [-0.15, -0.1) is 11.3 Å². The normalized spacial score (nSPS) is 18.9. The molecule has 0 fully saturated rings. The maximum absolute atomic E-state index is 11.3. The number of anilines is 6. The lowest BCUT2D eigenvalue weighted by Crippen LogP contribution is -2.61. The van der Waals surface area contributed by atoms with Crippen LogP contribution in [0.1, 0.15) is 147 Å². The van der Waals surface area contributed by atoms with E-state index in [0.717, 1.165) is 9.47 Å². The molecular weight excluding hydrogens is 952 g/mol. The van der Waals surface area contributed by atoms with Crippen molar-refractivity contribution >= 4 is 132 Å². The van der Waals surface area contributed by atoms with Crippen LogP contribution in [0.2, 0.25) is 0 Å². The first-order valence-corrected chi connectivity index (χ1v) is 26.5. The van der Waals surface area contributed by atoms with E-state index < -0.39 is 177 Å². The van der Waals surface area contributed by atoms with Crippen molar-refractivity contribution in [3.8, 4) is 11.4 Å². The highest BCUT2D eigenvalue weighted by Gasteiger charge is 2.47. The second kappa shape index (κ2) is 15.4. The quantitative estimate of drug-likeness (QED) is 0.160. The first-order valence-electron chi connectivity index (χ1n) is 38.7. The van der Waals surface area contributed by atoms with E-state index in [0.29, 0.717) is 11.3 Å². The molecule has 0 amide bonds. The molecule has 77 heavy (non-hydrogen) atoms. The number of rotatable bonds is 2. The van der Waals surface area contributed by atoms with Crippen molar-refractivity contribution < 1.29 is 35.6 Å². The summed E-state index contributed by atoms with van der Waals surface area (Å²) in [4.78, 5) is 2.55. The molecule has 6 heterocycles. The number of nitrogens with zero attached hydrogens (tertiary/aromatic N) is 4. The van der Waals surface area contributed by atoms with E-state index >= 15 is 0 Å². The van der Waals surface area contributed by atoms with E-state index in [1.165, 1.54) is 16.4 Å². The minimum absolute atomic E-state index is 0.00439. The van der Waals surface area contributed by atoms with E-state index in [4.69, 9.17) is 2.74 Å². The fraction of sp³-hybridized carbons (Fsp3) is 0.239. The van der Waals surface area contributed by atoms with E-state index in [9.17, 15) is 32.9 Å². The smallest absolute Gasteiger partial charge is 0.252 e. The van der Waals surface area contributed by atoms with E-state index in [2.05, 4.69) is 0 Å². The molecule has 3 aliphatic rings. The number of benzene rings is 9. The Morgan fingerprint density at radius 1 is 0.403 bits per heavy atom. The van der Waals surface area contributed by atoms with Crippen molar-refractivity contribution in [2.24, 2.45) is 0 Å². The van der Waals surface area contributed by atoms with Crippen LogP contribution in [0, 0.1) is 6.92 Å². The fourth-order valence-corrected chi connectivity index (χ4v) is 12.2. The Labute approximate surface area is 493 Å². The van der Waals surface area contributed by atoms with Gasteiger partial charge in [0.1, 0.15) is 0 Å². The third kappa shape index (κ3) is 6.51. The second-order valence-corrected chi connectivity index (χ2v) is 25.6. The average Bonchev–Trinajstić information content (AvgIpc) is 1.63. The molecule has 0 unspecified atom stereocenters. The zero-order valence-electron chi connectivity index (χ0n) is 70.8. The number of para-hydroxylation sites is 1. The summed E-state index contributed by atoms with van der Waals surface area (Å²) in [6, 6.07) is -15.3. The first kappa shape index (κ1) is 27.2. The topological polar surface area (TPSA) is 16.3 Å². The van der Waals surface area contributed by atoms with Gasteiger partial charge in [0.2, 0.25) is 0 Å². The van der Waals surface area contributed by atoms with Crippen LogP contribution < -0.4 is 26.2 Å². The second-order valence-electron chi connectivity index (χ2n) is 24.6. The van der Waals surface area contributed by atoms with Crippen LogP contribution >= 0.6 is 11.3 Å². The Balaban J connectivity index is 1.25. The van der Waals surface area contributed by atoms with Gasteiger partial charge in [-0.1, -0.05) is 144 Å². The van der Waals surface area contributed by atoms with Crippen molar-refractivity contribution in [3.63, 3.8) is 0 Å². The number of hydrogen-bond donors (Lipinski definition) is 0. The van der Waals surface area contributed by atoms with Gasteiger partial charge in [0.05, 0.1) is 80.5 Å². The third-order valence-corrected chi connectivity index (χ3v) is 16.1. The van der Waals surface area contributed by atoms with Crippen LogP contribution in [0.25, 0.3) is 75.2 Å². The third-order valence-electron chi connectivity index (χ3n) is 15.1. The van der Waals surface area contributed by atoms with Gasteiger partial charge in [0.25, 0.3) is 6.71 Å². The Morgan fingerprint density at radius 2 is 0.948 bits per heavy atom. The van der Waals surface area contributed by atoms with Gasteiger partial charge in [-0.05, 0) is 169 Å². The van der Waals surface area contributed by atoms with Crippen LogP contribution in [-0.2, 0) is 21.7 Å². The highest BCUT2D eigenvalue weighted by molar-refractivity contribution is 7.26. The summed E-state index contributed by atoms with van der Waals surface area (Å²) in [6.45, 7) is 20.5. The zero-order valence-corrected chi connectivity index (χ0v) is 45.6. The van der Waals surface area contributed by atoms with Crippen molar-refractivity contribution in [2.45, 2.75) is 112 Å². The molecule has 0 saturated carbocycles. The van der Waals surface area contributed by atoms with Crippen LogP contribution in [-0.4, -0.2) is 15.8 Å². The molecule has 3 aliphatic heterocycles. The van der Waals surface area contributed by atoms with Gasteiger partial charge < -0.3 is 18.9 Å². The zero-order chi connectivity index (χ0) is 75.8. The highest BCUT2D eigenvalue weighted by Crippen LogP contribution is 2.55.